The first kappa shape index (κ1) is 12.0. The van der Waals surface area contributed by atoms with Crippen molar-refractivity contribution in [1.82, 2.24) is 0 Å². The average Bonchev–Trinajstić information content (AvgIpc) is 2.17. The van der Waals surface area contributed by atoms with Crippen molar-refractivity contribution in [3.8, 4) is 12.3 Å². The lowest BCUT2D eigenvalue weighted by molar-refractivity contribution is -0.137. The fraction of sp³-hybridized carbons (Fsp3) is 0.273. The Morgan fingerprint density at radius 1 is 1.40 bits per heavy atom. The molecule has 0 aliphatic rings. The number of benzene rings is 1. The first-order valence-corrected chi connectivity index (χ1v) is 5.28. The minimum absolute atomic E-state index is 0.509. The van der Waals surface area contributed by atoms with E-state index in [0.29, 0.717) is 16.2 Å². The summed E-state index contributed by atoms with van der Waals surface area (Å²) in [6.45, 7) is 1.87. The van der Waals surface area contributed by atoms with Gasteiger partial charge in [-0.05, 0) is 24.0 Å². The second-order valence-corrected chi connectivity index (χ2v) is 4.09. The Morgan fingerprint density at radius 3 is 2.53 bits per heavy atom. The number of halogens is 3. The van der Waals surface area contributed by atoms with Crippen LogP contribution < -0.4 is 0 Å². The van der Waals surface area contributed by atoms with Crippen LogP contribution in [-0.4, -0.2) is 5.75 Å². The van der Waals surface area contributed by atoms with Crippen LogP contribution in [0.5, 0.6) is 0 Å². The Morgan fingerprint density at radius 2 is 2.07 bits per heavy atom. The fourth-order valence-corrected chi connectivity index (χ4v) is 1.90. The fourth-order valence-electron chi connectivity index (χ4n) is 1.09. The van der Waals surface area contributed by atoms with Crippen LogP contribution in [0.4, 0.5) is 13.2 Å². The number of alkyl halides is 3. The quantitative estimate of drug-likeness (QED) is 0.550. The molecule has 0 atom stereocenters. The number of thioether (sulfide) groups is 1. The van der Waals surface area contributed by atoms with Crippen molar-refractivity contribution in [3.63, 3.8) is 0 Å². The van der Waals surface area contributed by atoms with Crippen molar-refractivity contribution < 1.29 is 13.2 Å². The molecule has 15 heavy (non-hydrogen) atoms. The molecule has 0 aliphatic heterocycles. The molecule has 1 aromatic rings. The van der Waals surface area contributed by atoms with E-state index in [9.17, 15) is 13.2 Å². The highest BCUT2D eigenvalue weighted by atomic mass is 32.2. The summed E-state index contributed by atoms with van der Waals surface area (Å²) in [7, 11) is 0. The molecule has 0 N–H and O–H groups in total. The molecule has 0 amide bonds. The SMILES string of the molecule is C#Cc1ccc(C(F)(F)F)cc1SCC. The van der Waals surface area contributed by atoms with Gasteiger partial charge >= 0.3 is 6.18 Å². The number of terminal acetylenes is 1. The zero-order chi connectivity index (χ0) is 11.5. The summed E-state index contributed by atoms with van der Waals surface area (Å²) in [5.41, 5.74) is -0.146. The summed E-state index contributed by atoms with van der Waals surface area (Å²) in [5.74, 6) is 3.06. The molecule has 0 radical (unpaired) electrons. The number of hydrogen-bond acceptors (Lipinski definition) is 1. The largest absolute Gasteiger partial charge is 0.416 e. The Balaban J connectivity index is 3.17. The summed E-state index contributed by atoms with van der Waals surface area (Å²) in [4.78, 5) is 0.509. The molecule has 4 heteroatoms. The van der Waals surface area contributed by atoms with Gasteiger partial charge < -0.3 is 0 Å². The zero-order valence-electron chi connectivity index (χ0n) is 8.06. The highest BCUT2D eigenvalue weighted by molar-refractivity contribution is 7.99. The monoisotopic (exact) mass is 230 g/mol. The molecule has 0 saturated carbocycles. The zero-order valence-corrected chi connectivity index (χ0v) is 8.88. The predicted octanol–water partition coefficient (Wildman–Crippen LogP) is 3.80. The number of hydrogen-bond donors (Lipinski definition) is 0. The van der Waals surface area contributed by atoms with Gasteiger partial charge in [0.05, 0.1) is 5.56 Å². The predicted molar refractivity (Wildman–Crippen MR) is 55.8 cm³/mol. The summed E-state index contributed by atoms with van der Waals surface area (Å²) in [6, 6.07) is 3.44. The molecule has 0 aliphatic carbocycles. The van der Waals surface area contributed by atoms with Gasteiger partial charge in [0, 0.05) is 10.5 Å². The molecule has 1 rings (SSSR count). The second-order valence-electron chi connectivity index (χ2n) is 2.79. The summed E-state index contributed by atoms with van der Waals surface area (Å²) in [5, 5.41) is 0. The third-order valence-electron chi connectivity index (χ3n) is 1.76. The van der Waals surface area contributed by atoms with Crippen LogP contribution in [-0.2, 0) is 6.18 Å². The minimum Gasteiger partial charge on any atom is -0.166 e. The van der Waals surface area contributed by atoms with Gasteiger partial charge in [-0.15, -0.1) is 18.2 Å². The van der Waals surface area contributed by atoms with Crippen LogP contribution in [0, 0.1) is 12.3 Å². The minimum atomic E-state index is -4.31. The van der Waals surface area contributed by atoms with E-state index in [0.717, 1.165) is 12.1 Å². The first-order chi connectivity index (χ1) is 6.99. The second kappa shape index (κ2) is 4.63. The van der Waals surface area contributed by atoms with Gasteiger partial charge in [-0.1, -0.05) is 12.8 Å². The highest BCUT2D eigenvalue weighted by Crippen LogP contribution is 2.33. The van der Waals surface area contributed by atoms with Crippen LogP contribution in [0.1, 0.15) is 18.1 Å². The van der Waals surface area contributed by atoms with Gasteiger partial charge in [-0.2, -0.15) is 13.2 Å². The van der Waals surface area contributed by atoms with Crippen molar-refractivity contribution in [2.45, 2.75) is 18.0 Å². The standard InChI is InChI=1S/C11H9F3S/c1-3-8-5-6-9(11(12,13)14)7-10(8)15-4-2/h1,5-7H,4H2,2H3. The molecule has 0 spiro atoms. The van der Waals surface area contributed by atoms with E-state index >= 15 is 0 Å². The summed E-state index contributed by atoms with van der Waals surface area (Å²) < 4.78 is 37.1. The van der Waals surface area contributed by atoms with Crippen molar-refractivity contribution in [3.05, 3.63) is 29.3 Å². The van der Waals surface area contributed by atoms with Crippen molar-refractivity contribution in [2.24, 2.45) is 0 Å². The van der Waals surface area contributed by atoms with Gasteiger partial charge in [0.1, 0.15) is 0 Å². The van der Waals surface area contributed by atoms with Crippen molar-refractivity contribution >= 4 is 11.8 Å². The maximum absolute atomic E-state index is 12.4. The molecule has 1 aromatic carbocycles. The van der Waals surface area contributed by atoms with E-state index in [-0.39, 0.29) is 0 Å². The van der Waals surface area contributed by atoms with Gasteiger partial charge in [-0.25, -0.2) is 0 Å². The molecule has 0 unspecified atom stereocenters. The van der Waals surface area contributed by atoms with Crippen molar-refractivity contribution in [2.75, 3.05) is 5.75 Å². The maximum atomic E-state index is 12.4. The summed E-state index contributed by atoms with van der Waals surface area (Å²) in [6.07, 6.45) is 0.886. The van der Waals surface area contributed by atoms with E-state index in [1.54, 1.807) is 0 Å². The molecule has 0 bridgehead atoms. The van der Waals surface area contributed by atoms with Crippen LogP contribution in [0.15, 0.2) is 23.1 Å². The Labute approximate surface area is 90.9 Å². The normalized spacial score (nSPS) is 11.1. The van der Waals surface area contributed by atoms with E-state index in [1.807, 2.05) is 6.92 Å². The van der Waals surface area contributed by atoms with Crippen LogP contribution in [0.2, 0.25) is 0 Å². The van der Waals surface area contributed by atoms with Gasteiger partial charge in [-0.3, -0.25) is 0 Å². The van der Waals surface area contributed by atoms with E-state index in [1.165, 1.54) is 17.8 Å². The molecule has 0 saturated heterocycles. The van der Waals surface area contributed by atoms with Gasteiger partial charge in [0.2, 0.25) is 0 Å². The Hall–Kier alpha value is -1.08. The topological polar surface area (TPSA) is 0 Å². The van der Waals surface area contributed by atoms with Crippen molar-refractivity contribution in [1.29, 1.82) is 0 Å². The lowest BCUT2D eigenvalue weighted by Gasteiger charge is -2.09. The first-order valence-electron chi connectivity index (χ1n) is 4.29. The van der Waals surface area contributed by atoms with Crippen LogP contribution in [0.3, 0.4) is 0 Å². The van der Waals surface area contributed by atoms with Crippen LogP contribution in [0.25, 0.3) is 0 Å². The highest BCUT2D eigenvalue weighted by Gasteiger charge is 2.30. The average molecular weight is 230 g/mol. The molecule has 0 nitrogen and oxygen atoms in total. The Bertz CT molecular complexity index is 388. The van der Waals surface area contributed by atoms with Gasteiger partial charge in [0.25, 0.3) is 0 Å². The Kier molecular flexibility index (Phi) is 3.70. The summed E-state index contributed by atoms with van der Waals surface area (Å²) >= 11 is 1.31. The smallest absolute Gasteiger partial charge is 0.166 e. The maximum Gasteiger partial charge on any atom is 0.416 e. The molecule has 0 heterocycles. The lowest BCUT2D eigenvalue weighted by Crippen LogP contribution is -2.05. The number of rotatable bonds is 2. The third-order valence-corrected chi connectivity index (χ3v) is 2.70. The molecule has 0 fully saturated rings. The molecule has 0 aromatic heterocycles. The lowest BCUT2D eigenvalue weighted by atomic mass is 10.1. The van der Waals surface area contributed by atoms with E-state index < -0.39 is 11.7 Å². The molecule has 80 valence electrons. The van der Waals surface area contributed by atoms with E-state index in [2.05, 4.69) is 5.92 Å². The molecular formula is C11H9F3S. The van der Waals surface area contributed by atoms with Gasteiger partial charge in [0.15, 0.2) is 0 Å². The van der Waals surface area contributed by atoms with Crippen LogP contribution >= 0.6 is 11.8 Å². The van der Waals surface area contributed by atoms with E-state index in [4.69, 9.17) is 6.42 Å². The third kappa shape index (κ3) is 2.93. The molecular weight excluding hydrogens is 221 g/mol.